The Kier molecular flexibility index (Phi) is 5.49. The summed E-state index contributed by atoms with van der Waals surface area (Å²) in [6.45, 7) is 5.55. The molecule has 16 heavy (non-hydrogen) atoms. The molecule has 0 saturated carbocycles. The van der Waals surface area contributed by atoms with E-state index in [0.29, 0.717) is 6.42 Å². The van der Waals surface area contributed by atoms with E-state index in [1.165, 1.54) is 4.88 Å². The molecule has 0 bridgehead atoms. The van der Waals surface area contributed by atoms with Gasteiger partial charge in [-0.25, -0.2) is 0 Å². The molecule has 0 aliphatic heterocycles. The van der Waals surface area contributed by atoms with Crippen LogP contribution in [0.4, 0.5) is 0 Å². The molecular weight excluding hydrogens is 222 g/mol. The van der Waals surface area contributed by atoms with Gasteiger partial charge >= 0.3 is 5.97 Å². The van der Waals surface area contributed by atoms with E-state index in [1.807, 2.05) is 24.8 Å². The van der Waals surface area contributed by atoms with Gasteiger partial charge in [0.25, 0.3) is 0 Å². The van der Waals surface area contributed by atoms with Crippen molar-refractivity contribution in [3.8, 4) is 0 Å². The zero-order valence-corrected chi connectivity index (χ0v) is 10.7. The molecule has 0 fully saturated rings. The maximum Gasteiger partial charge on any atom is 0.320 e. The predicted octanol–water partition coefficient (Wildman–Crippen LogP) is 2.48. The van der Waals surface area contributed by atoms with E-state index in [2.05, 4.69) is 11.4 Å². The SMILES string of the molecule is CCC(C(=O)O)N(CC)CCc1cccs1. The molecule has 0 radical (unpaired) electrons. The van der Waals surface area contributed by atoms with Crippen LogP contribution in [0, 0.1) is 0 Å². The molecule has 1 aromatic rings. The van der Waals surface area contributed by atoms with Crippen LogP contribution in [0.2, 0.25) is 0 Å². The third-order valence-electron chi connectivity index (χ3n) is 2.74. The molecule has 0 aliphatic rings. The Bertz CT molecular complexity index is 311. The molecule has 0 spiro atoms. The van der Waals surface area contributed by atoms with E-state index in [0.717, 1.165) is 19.5 Å². The summed E-state index contributed by atoms with van der Waals surface area (Å²) in [5, 5.41) is 11.1. The minimum atomic E-state index is -0.712. The van der Waals surface area contributed by atoms with Gasteiger partial charge in [0.15, 0.2) is 0 Å². The molecule has 0 saturated heterocycles. The van der Waals surface area contributed by atoms with Crippen molar-refractivity contribution in [3.05, 3.63) is 22.4 Å². The third kappa shape index (κ3) is 3.61. The number of rotatable bonds is 7. The van der Waals surface area contributed by atoms with Crippen LogP contribution in [0.3, 0.4) is 0 Å². The summed E-state index contributed by atoms with van der Waals surface area (Å²) in [6, 6.07) is 3.79. The van der Waals surface area contributed by atoms with E-state index in [-0.39, 0.29) is 6.04 Å². The lowest BCUT2D eigenvalue weighted by atomic mass is 10.2. The van der Waals surface area contributed by atoms with Crippen molar-refractivity contribution in [3.63, 3.8) is 0 Å². The Morgan fingerprint density at radius 2 is 2.31 bits per heavy atom. The van der Waals surface area contributed by atoms with Gasteiger partial charge in [-0.1, -0.05) is 19.9 Å². The fourth-order valence-electron chi connectivity index (χ4n) is 1.83. The molecular formula is C12H19NO2S. The molecule has 0 aliphatic carbocycles. The Hall–Kier alpha value is -0.870. The van der Waals surface area contributed by atoms with Gasteiger partial charge in [0, 0.05) is 11.4 Å². The average Bonchev–Trinajstić information content (AvgIpc) is 2.76. The average molecular weight is 241 g/mol. The second-order valence-corrected chi connectivity index (χ2v) is 4.75. The number of hydrogen-bond acceptors (Lipinski definition) is 3. The van der Waals surface area contributed by atoms with Gasteiger partial charge in [0.05, 0.1) is 0 Å². The first-order chi connectivity index (χ1) is 7.69. The largest absolute Gasteiger partial charge is 0.480 e. The number of aliphatic carboxylic acids is 1. The zero-order chi connectivity index (χ0) is 12.0. The third-order valence-corrected chi connectivity index (χ3v) is 3.68. The maximum absolute atomic E-state index is 11.1. The highest BCUT2D eigenvalue weighted by atomic mass is 32.1. The minimum absolute atomic E-state index is 0.343. The van der Waals surface area contributed by atoms with E-state index in [4.69, 9.17) is 5.11 Å². The summed E-state index contributed by atoms with van der Waals surface area (Å²) < 4.78 is 0. The van der Waals surface area contributed by atoms with E-state index >= 15 is 0 Å². The highest BCUT2D eigenvalue weighted by Crippen LogP contribution is 2.12. The van der Waals surface area contributed by atoms with Crippen LogP contribution in [-0.2, 0) is 11.2 Å². The van der Waals surface area contributed by atoms with Crippen LogP contribution in [0.5, 0.6) is 0 Å². The molecule has 1 rings (SSSR count). The van der Waals surface area contributed by atoms with Crippen LogP contribution in [0.1, 0.15) is 25.1 Å². The highest BCUT2D eigenvalue weighted by molar-refractivity contribution is 7.09. The molecule has 0 aromatic carbocycles. The van der Waals surface area contributed by atoms with Crippen molar-refractivity contribution in [1.29, 1.82) is 0 Å². The van der Waals surface area contributed by atoms with Crippen LogP contribution < -0.4 is 0 Å². The first-order valence-electron chi connectivity index (χ1n) is 5.68. The number of carboxylic acid groups (broad SMARTS) is 1. The lowest BCUT2D eigenvalue weighted by Gasteiger charge is -2.26. The molecule has 1 N–H and O–H groups in total. The predicted molar refractivity (Wildman–Crippen MR) is 67.0 cm³/mol. The van der Waals surface area contributed by atoms with Gasteiger partial charge in [-0.05, 0) is 30.8 Å². The lowest BCUT2D eigenvalue weighted by Crippen LogP contribution is -2.41. The second kappa shape index (κ2) is 6.66. The maximum atomic E-state index is 11.1. The molecule has 1 heterocycles. The number of likely N-dealkylation sites (N-methyl/N-ethyl adjacent to an activating group) is 1. The fraction of sp³-hybridized carbons (Fsp3) is 0.583. The smallest absolute Gasteiger partial charge is 0.320 e. The Morgan fingerprint density at radius 1 is 1.56 bits per heavy atom. The molecule has 4 heteroatoms. The van der Waals surface area contributed by atoms with Crippen LogP contribution >= 0.6 is 11.3 Å². The first kappa shape index (κ1) is 13.2. The van der Waals surface area contributed by atoms with Gasteiger partial charge in [-0.15, -0.1) is 11.3 Å². The summed E-state index contributed by atoms with van der Waals surface area (Å²) in [5.41, 5.74) is 0. The van der Waals surface area contributed by atoms with E-state index < -0.39 is 5.97 Å². The van der Waals surface area contributed by atoms with Crippen LogP contribution in [0.15, 0.2) is 17.5 Å². The van der Waals surface area contributed by atoms with Crippen molar-refractivity contribution in [1.82, 2.24) is 4.90 Å². The number of thiophene rings is 1. The van der Waals surface area contributed by atoms with Gasteiger partial charge < -0.3 is 5.11 Å². The Morgan fingerprint density at radius 3 is 2.75 bits per heavy atom. The summed E-state index contributed by atoms with van der Waals surface area (Å²) in [5.74, 6) is -0.712. The van der Waals surface area contributed by atoms with E-state index in [1.54, 1.807) is 11.3 Å². The Labute approximate surface area is 101 Å². The van der Waals surface area contributed by atoms with Gasteiger partial charge in [-0.3, -0.25) is 9.69 Å². The quantitative estimate of drug-likeness (QED) is 0.797. The molecule has 1 unspecified atom stereocenters. The van der Waals surface area contributed by atoms with Crippen molar-refractivity contribution in [2.45, 2.75) is 32.7 Å². The van der Waals surface area contributed by atoms with Crippen LogP contribution in [0.25, 0.3) is 0 Å². The molecule has 90 valence electrons. The standard InChI is InChI=1S/C12H19NO2S/c1-3-11(12(14)15)13(4-2)8-7-10-6-5-9-16-10/h5-6,9,11H,3-4,7-8H2,1-2H3,(H,14,15). The minimum Gasteiger partial charge on any atom is -0.480 e. The number of carboxylic acids is 1. The lowest BCUT2D eigenvalue weighted by molar-refractivity contribution is -0.143. The monoisotopic (exact) mass is 241 g/mol. The summed E-state index contributed by atoms with van der Waals surface area (Å²) in [7, 11) is 0. The number of hydrogen-bond donors (Lipinski definition) is 1. The molecule has 0 amide bonds. The summed E-state index contributed by atoms with van der Waals surface area (Å²) in [4.78, 5) is 14.4. The van der Waals surface area contributed by atoms with Crippen molar-refractivity contribution < 1.29 is 9.90 Å². The zero-order valence-electron chi connectivity index (χ0n) is 9.85. The van der Waals surface area contributed by atoms with Crippen molar-refractivity contribution >= 4 is 17.3 Å². The Balaban J connectivity index is 2.50. The molecule has 1 aromatic heterocycles. The van der Waals surface area contributed by atoms with Gasteiger partial charge in [0.2, 0.25) is 0 Å². The highest BCUT2D eigenvalue weighted by Gasteiger charge is 2.21. The van der Waals surface area contributed by atoms with E-state index in [9.17, 15) is 4.79 Å². The molecule has 1 atom stereocenters. The normalized spacial score (nSPS) is 12.9. The van der Waals surface area contributed by atoms with Gasteiger partial charge in [-0.2, -0.15) is 0 Å². The first-order valence-corrected chi connectivity index (χ1v) is 6.56. The van der Waals surface area contributed by atoms with Crippen molar-refractivity contribution in [2.24, 2.45) is 0 Å². The second-order valence-electron chi connectivity index (χ2n) is 3.72. The van der Waals surface area contributed by atoms with Gasteiger partial charge in [0.1, 0.15) is 6.04 Å². The number of nitrogens with zero attached hydrogens (tertiary/aromatic N) is 1. The van der Waals surface area contributed by atoms with Crippen LogP contribution in [-0.4, -0.2) is 35.1 Å². The summed E-state index contributed by atoms with van der Waals surface area (Å²) >= 11 is 1.73. The number of carbonyl (C=O) groups is 1. The fourth-order valence-corrected chi connectivity index (χ4v) is 2.53. The van der Waals surface area contributed by atoms with Crippen molar-refractivity contribution in [2.75, 3.05) is 13.1 Å². The topological polar surface area (TPSA) is 40.5 Å². The molecule has 3 nitrogen and oxygen atoms in total. The summed E-state index contributed by atoms with van der Waals surface area (Å²) in [6.07, 6.45) is 1.60.